The van der Waals surface area contributed by atoms with E-state index in [1.807, 2.05) is 24.3 Å². The van der Waals surface area contributed by atoms with Crippen LogP contribution < -0.4 is 10.2 Å². The third kappa shape index (κ3) is 3.77. The minimum atomic E-state index is -0.393. The zero-order chi connectivity index (χ0) is 20.4. The maximum absolute atomic E-state index is 12.3. The molecule has 0 saturated carbocycles. The van der Waals surface area contributed by atoms with Crippen molar-refractivity contribution in [3.8, 4) is 5.88 Å². The number of thiazole rings is 1. The van der Waals surface area contributed by atoms with E-state index in [1.54, 1.807) is 36.6 Å². The summed E-state index contributed by atoms with van der Waals surface area (Å²) in [5, 5.41) is 13.2. The number of hydrogen-bond donors (Lipinski definition) is 2. The minimum Gasteiger partial charge on any atom is -0.493 e. The lowest BCUT2D eigenvalue weighted by molar-refractivity contribution is -0.116. The van der Waals surface area contributed by atoms with Gasteiger partial charge in [-0.3, -0.25) is 19.1 Å². The number of nitrogens with zero attached hydrogens (tertiary/aromatic N) is 2. The van der Waals surface area contributed by atoms with Crippen LogP contribution in [0.25, 0.3) is 11.6 Å². The number of anilines is 1. The molecule has 0 fully saturated rings. The van der Waals surface area contributed by atoms with Gasteiger partial charge in [-0.1, -0.05) is 54.7 Å². The lowest BCUT2D eigenvalue weighted by Gasteiger charge is -2.06. The van der Waals surface area contributed by atoms with Crippen molar-refractivity contribution in [3.63, 3.8) is 0 Å². The number of aromatic hydroxyl groups is 1. The van der Waals surface area contributed by atoms with E-state index in [4.69, 9.17) is 0 Å². The van der Waals surface area contributed by atoms with Crippen LogP contribution >= 0.6 is 11.3 Å². The number of fused-ring (bicyclic) bond motifs is 1. The molecule has 1 amide bonds. The first-order valence-electron chi connectivity index (χ1n) is 9.22. The van der Waals surface area contributed by atoms with Crippen molar-refractivity contribution in [3.05, 3.63) is 74.2 Å². The van der Waals surface area contributed by atoms with Gasteiger partial charge in [-0.05, 0) is 30.2 Å². The lowest BCUT2D eigenvalue weighted by Crippen LogP contribution is -2.23. The van der Waals surface area contributed by atoms with E-state index >= 15 is 0 Å². The van der Waals surface area contributed by atoms with Crippen LogP contribution in [0.1, 0.15) is 22.9 Å². The molecule has 3 aromatic rings. The predicted molar refractivity (Wildman–Crippen MR) is 117 cm³/mol. The van der Waals surface area contributed by atoms with Crippen LogP contribution in [-0.2, 0) is 17.8 Å². The summed E-state index contributed by atoms with van der Waals surface area (Å²) in [4.78, 5) is 29.1. The Morgan fingerprint density at radius 1 is 1.21 bits per heavy atom. The molecular weight excluding hydrogens is 386 g/mol. The van der Waals surface area contributed by atoms with Gasteiger partial charge in [-0.15, -0.1) is 0 Å². The Morgan fingerprint density at radius 3 is 2.76 bits per heavy atom. The molecule has 29 heavy (non-hydrogen) atoms. The topological polar surface area (TPSA) is 83.7 Å². The summed E-state index contributed by atoms with van der Waals surface area (Å²) in [6.07, 6.45) is 4.35. The van der Waals surface area contributed by atoms with Crippen LogP contribution in [0, 0.1) is 0 Å². The van der Waals surface area contributed by atoms with E-state index < -0.39 is 4.87 Å². The van der Waals surface area contributed by atoms with Crippen LogP contribution in [0.2, 0.25) is 0 Å². The average molecular weight is 405 g/mol. The van der Waals surface area contributed by atoms with Crippen LogP contribution in [-0.4, -0.2) is 21.8 Å². The number of rotatable bonds is 5. The number of para-hydroxylation sites is 2. The molecular formula is C22H19N3O3S. The molecule has 0 spiro atoms. The van der Waals surface area contributed by atoms with Gasteiger partial charge in [0.05, 0.1) is 10.6 Å². The van der Waals surface area contributed by atoms with E-state index in [0.29, 0.717) is 10.6 Å². The Bertz CT molecular complexity index is 1190. The van der Waals surface area contributed by atoms with Crippen LogP contribution in [0.3, 0.4) is 0 Å². The summed E-state index contributed by atoms with van der Waals surface area (Å²) < 4.78 is 1.07. The van der Waals surface area contributed by atoms with Crippen molar-refractivity contribution in [2.24, 2.45) is 4.99 Å². The first-order valence-corrected chi connectivity index (χ1v) is 10.0. The number of hydrogen-bond acceptors (Lipinski definition) is 5. The van der Waals surface area contributed by atoms with Crippen LogP contribution in [0.15, 0.2) is 58.3 Å². The molecule has 0 bridgehead atoms. The molecule has 2 N–H and O–H groups in total. The Hall–Kier alpha value is -3.45. The Morgan fingerprint density at radius 2 is 2.00 bits per heavy atom. The number of allylic oxidation sites excluding steroid dienone is 1. The normalized spacial score (nSPS) is 13.6. The molecule has 2 aromatic carbocycles. The number of amides is 1. The van der Waals surface area contributed by atoms with Crippen molar-refractivity contribution in [2.45, 2.75) is 19.9 Å². The smallest absolute Gasteiger partial charge is 0.311 e. The number of nitrogens with one attached hydrogen (secondary N) is 1. The van der Waals surface area contributed by atoms with E-state index in [9.17, 15) is 14.7 Å². The summed E-state index contributed by atoms with van der Waals surface area (Å²) in [6.45, 7) is 1.81. The van der Waals surface area contributed by atoms with Crippen LogP contribution in [0.5, 0.6) is 5.88 Å². The summed E-state index contributed by atoms with van der Waals surface area (Å²) in [7, 11) is 0. The second-order valence-corrected chi connectivity index (χ2v) is 7.57. The van der Waals surface area contributed by atoms with Crippen LogP contribution in [0.4, 0.5) is 11.4 Å². The van der Waals surface area contributed by atoms with Gasteiger partial charge in [0.1, 0.15) is 6.54 Å². The van der Waals surface area contributed by atoms with Crippen molar-refractivity contribution < 1.29 is 9.90 Å². The summed E-state index contributed by atoms with van der Waals surface area (Å²) in [5.74, 6) is -0.602. The Labute approximate surface area is 171 Å². The first kappa shape index (κ1) is 18.9. The number of aliphatic imine (C=N–C) groups is 1. The first-order chi connectivity index (χ1) is 14.1. The predicted octanol–water partition coefficient (Wildman–Crippen LogP) is 4.07. The maximum atomic E-state index is 12.3. The average Bonchev–Trinajstić information content (AvgIpc) is 3.25. The van der Waals surface area contributed by atoms with Gasteiger partial charge in [-0.2, -0.15) is 0 Å². The highest BCUT2D eigenvalue weighted by molar-refractivity contribution is 7.10. The largest absolute Gasteiger partial charge is 0.493 e. The second kappa shape index (κ2) is 7.89. The fourth-order valence-electron chi connectivity index (χ4n) is 3.24. The molecule has 0 radical (unpaired) electrons. The van der Waals surface area contributed by atoms with Gasteiger partial charge in [0, 0.05) is 23.0 Å². The zero-order valence-corrected chi connectivity index (χ0v) is 16.6. The maximum Gasteiger partial charge on any atom is 0.311 e. The summed E-state index contributed by atoms with van der Waals surface area (Å²) >= 11 is 0.900. The molecule has 2 heterocycles. The van der Waals surface area contributed by atoms with Crippen molar-refractivity contribution in [1.82, 2.24) is 4.57 Å². The molecule has 4 rings (SSSR count). The van der Waals surface area contributed by atoms with E-state index in [2.05, 4.69) is 17.2 Å². The molecule has 0 atom stereocenters. The zero-order valence-electron chi connectivity index (χ0n) is 15.8. The minimum absolute atomic E-state index is 0.218. The van der Waals surface area contributed by atoms with Gasteiger partial charge in [0.2, 0.25) is 11.8 Å². The second-order valence-electron chi connectivity index (χ2n) is 6.58. The fourth-order valence-corrected chi connectivity index (χ4v) is 4.07. The van der Waals surface area contributed by atoms with Crippen molar-refractivity contribution in [2.75, 3.05) is 5.32 Å². The van der Waals surface area contributed by atoms with Gasteiger partial charge in [-0.25, -0.2) is 0 Å². The molecule has 0 aliphatic carbocycles. The Balaban J connectivity index is 1.59. The van der Waals surface area contributed by atoms with Gasteiger partial charge < -0.3 is 10.4 Å². The molecule has 1 aliphatic rings. The quantitative estimate of drug-likeness (QED) is 0.671. The van der Waals surface area contributed by atoms with Gasteiger partial charge >= 0.3 is 4.87 Å². The van der Waals surface area contributed by atoms with E-state index in [-0.39, 0.29) is 18.3 Å². The molecule has 1 aromatic heterocycles. The molecule has 0 saturated heterocycles. The number of aryl methyl sites for hydroxylation is 1. The van der Waals surface area contributed by atoms with Crippen molar-refractivity contribution in [1.29, 1.82) is 0 Å². The number of carbonyl (C=O) groups excluding carboxylic acids is 1. The van der Waals surface area contributed by atoms with Crippen molar-refractivity contribution >= 4 is 46.5 Å². The molecule has 6 nitrogen and oxygen atoms in total. The third-order valence-corrected chi connectivity index (χ3v) is 5.60. The molecule has 1 aliphatic heterocycles. The Kier molecular flexibility index (Phi) is 5.14. The number of aromatic nitrogens is 1. The standard InChI is InChI=1S/C22H19N3O3S/c1-2-14-7-6-10-17-15(12-23-20(14)17)11-18-21(27)25(22(28)29-18)13-19(26)24-16-8-4-3-5-9-16/h3-12,27H,2,13H2,1H3,(H,24,26)/b15-11+. The van der Waals surface area contributed by atoms with E-state index in [1.165, 1.54) is 0 Å². The molecule has 146 valence electrons. The highest BCUT2D eigenvalue weighted by Gasteiger charge is 2.19. The third-order valence-electron chi connectivity index (χ3n) is 4.68. The van der Waals surface area contributed by atoms with Gasteiger partial charge in [0.15, 0.2) is 0 Å². The van der Waals surface area contributed by atoms with E-state index in [0.717, 1.165) is 44.7 Å². The monoisotopic (exact) mass is 405 g/mol. The number of benzene rings is 2. The number of carbonyl (C=O) groups is 1. The SMILES string of the molecule is CCc1cccc2c1N=C/C2=C\c1sc(=O)n(CC(=O)Nc2ccccc2)c1O. The lowest BCUT2D eigenvalue weighted by atomic mass is 10.0. The fraction of sp³-hybridized carbons (Fsp3) is 0.136. The highest BCUT2D eigenvalue weighted by Crippen LogP contribution is 2.37. The molecule has 0 unspecified atom stereocenters. The molecule has 7 heteroatoms. The summed E-state index contributed by atoms with van der Waals surface area (Å²) in [6, 6.07) is 14.9. The highest BCUT2D eigenvalue weighted by atomic mass is 32.1. The van der Waals surface area contributed by atoms with Gasteiger partial charge in [0.25, 0.3) is 0 Å². The summed E-state index contributed by atoms with van der Waals surface area (Å²) in [5.41, 5.74) is 4.50.